The van der Waals surface area contributed by atoms with Gasteiger partial charge >= 0.3 is 6.18 Å². The number of halogens is 3. The van der Waals surface area contributed by atoms with Crippen molar-refractivity contribution in [3.05, 3.63) is 126 Å². The van der Waals surface area contributed by atoms with Crippen molar-refractivity contribution >= 4 is 29.3 Å². The number of carbonyl (C=O) groups is 1. The predicted molar refractivity (Wildman–Crippen MR) is 137 cm³/mol. The third-order valence-corrected chi connectivity index (χ3v) is 10.2. The highest BCUT2D eigenvalue weighted by molar-refractivity contribution is 7.80. The Morgan fingerprint density at radius 1 is 0.722 bits per heavy atom. The van der Waals surface area contributed by atoms with Crippen molar-refractivity contribution in [2.75, 3.05) is 11.9 Å². The number of amides is 1. The van der Waals surface area contributed by atoms with Gasteiger partial charge < -0.3 is 9.46 Å². The van der Waals surface area contributed by atoms with Crippen molar-refractivity contribution < 1.29 is 22.5 Å². The van der Waals surface area contributed by atoms with Crippen LogP contribution in [0, 0.1) is 0 Å². The largest absolute Gasteiger partial charge is 0.416 e. The number of alkyl halides is 3. The second kappa shape index (κ2) is 9.11. The first-order valence-electron chi connectivity index (χ1n) is 11.5. The van der Waals surface area contributed by atoms with E-state index in [2.05, 4.69) is 0 Å². The maximum atomic E-state index is 15.3. The summed E-state index contributed by atoms with van der Waals surface area (Å²) in [5, 5.41) is 1.05. The molecule has 0 fully saturated rings. The third-order valence-electron chi connectivity index (χ3n) is 6.80. The van der Waals surface area contributed by atoms with E-state index in [1.165, 1.54) is 17.0 Å². The first-order chi connectivity index (χ1) is 17.2. The van der Waals surface area contributed by atoms with E-state index in [1.54, 1.807) is 67.7 Å². The highest BCUT2D eigenvalue weighted by Gasteiger charge is 2.51. The molecule has 182 valence electrons. The Hall–Kier alpha value is -3.63. The summed E-state index contributed by atoms with van der Waals surface area (Å²) in [5.74, 6) is -1.05. The van der Waals surface area contributed by atoms with Gasteiger partial charge in [-0.15, -0.1) is 0 Å². The highest BCUT2D eigenvalue weighted by Crippen LogP contribution is 2.58. The van der Waals surface area contributed by atoms with E-state index in [0.29, 0.717) is 21.9 Å². The zero-order valence-corrected chi connectivity index (χ0v) is 20.3. The van der Waals surface area contributed by atoms with E-state index in [9.17, 15) is 18.0 Å². The molecular formula is C29H23F3NO2P. The molecule has 4 aromatic rings. The van der Waals surface area contributed by atoms with Gasteiger partial charge in [0.1, 0.15) is 5.66 Å². The van der Waals surface area contributed by atoms with Crippen molar-refractivity contribution in [3.63, 3.8) is 0 Å². The van der Waals surface area contributed by atoms with Gasteiger partial charge in [0.2, 0.25) is 5.91 Å². The molecular weight excluding hydrogens is 482 g/mol. The Kier molecular flexibility index (Phi) is 6.09. The summed E-state index contributed by atoms with van der Waals surface area (Å²) in [6, 6.07) is 29.9. The monoisotopic (exact) mass is 505 g/mol. The van der Waals surface area contributed by atoms with Crippen LogP contribution in [0.2, 0.25) is 0 Å². The number of hydrogen-bond acceptors (Lipinski definition) is 2. The topological polar surface area (TPSA) is 37.4 Å². The second-order valence-corrected chi connectivity index (χ2v) is 11.7. The SMILES string of the molecule is CN1C(=O)[C@@H](P(=O)(c2ccccc2)c2ccccc2)[C@H](c2ccc(C(F)(F)F)cc2)c2ccccc21. The smallest absolute Gasteiger partial charge is 0.315 e. The van der Waals surface area contributed by atoms with Gasteiger partial charge in [-0.25, -0.2) is 0 Å². The van der Waals surface area contributed by atoms with Crippen LogP contribution in [-0.2, 0) is 15.5 Å². The molecule has 0 N–H and O–H groups in total. The molecule has 1 amide bonds. The summed E-state index contributed by atoms with van der Waals surface area (Å²) in [6.45, 7) is 0. The quantitative estimate of drug-likeness (QED) is 0.310. The molecule has 3 nitrogen and oxygen atoms in total. The zero-order chi connectivity index (χ0) is 25.5. The number of benzene rings is 4. The van der Waals surface area contributed by atoms with Crippen LogP contribution < -0.4 is 15.5 Å². The molecule has 0 saturated heterocycles. The normalized spacial score (nSPS) is 18.1. The number of para-hydroxylation sites is 1. The van der Waals surface area contributed by atoms with Crippen LogP contribution in [0.15, 0.2) is 109 Å². The Labute approximate surface area is 207 Å². The maximum absolute atomic E-state index is 15.3. The standard InChI is InChI=1S/C29H23F3NO2P/c1-33-25-15-9-8-14-24(25)26(20-16-18-21(19-17-20)29(30,31)32)27(28(33)34)36(35,22-10-4-2-5-11-22)23-12-6-3-7-13-23/h2-19,26-27H,1H3/t26-,27+/m1/s1. The van der Waals surface area contributed by atoms with Crippen LogP contribution in [0.5, 0.6) is 0 Å². The summed E-state index contributed by atoms with van der Waals surface area (Å²) in [6.07, 6.45) is -4.48. The number of nitrogens with zero attached hydrogens (tertiary/aromatic N) is 1. The van der Waals surface area contributed by atoms with E-state index >= 15 is 4.57 Å². The van der Waals surface area contributed by atoms with Gasteiger partial charge in [0.05, 0.1) is 5.56 Å². The molecule has 0 saturated carbocycles. The third kappa shape index (κ3) is 3.96. The summed E-state index contributed by atoms with van der Waals surface area (Å²) in [4.78, 5) is 15.6. The van der Waals surface area contributed by atoms with Crippen LogP contribution in [-0.4, -0.2) is 18.6 Å². The minimum absolute atomic E-state index is 0.338. The van der Waals surface area contributed by atoms with E-state index in [4.69, 9.17) is 0 Å². The molecule has 0 bridgehead atoms. The van der Waals surface area contributed by atoms with Crippen molar-refractivity contribution in [1.29, 1.82) is 0 Å². The molecule has 0 unspecified atom stereocenters. The average molecular weight is 505 g/mol. The fourth-order valence-corrected chi connectivity index (χ4v) is 8.47. The molecule has 1 aliphatic heterocycles. The Bertz CT molecular complexity index is 1390. The lowest BCUT2D eigenvalue weighted by Gasteiger charge is -2.42. The molecule has 2 atom stereocenters. The molecule has 4 aromatic carbocycles. The summed E-state index contributed by atoms with van der Waals surface area (Å²) in [5.41, 5.74) is 0.0883. The number of hydrogen-bond donors (Lipinski definition) is 0. The molecule has 0 radical (unpaired) electrons. The summed E-state index contributed by atoms with van der Waals surface area (Å²) in [7, 11) is -1.98. The number of fused-ring (bicyclic) bond motifs is 1. The first-order valence-corrected chi connectivity index (χ1v) is 13.2. The van der Waals surface area contributed by atoms with Gasteiger partial charge in [-0.3, -0.25) is 4.79 Å². The predicted octanol–water partition coefficient (Wildman–Crippen LogP) is 6.20. The second-order valence-electron chi connectivity index (χ2n) is 8.83. The molecule has 1 heterocycles. The lowest BCUT2D eigenvalue weighted by Crippen LogP contribution is -2.48. The van der Waals surface area contributed by atoms with Crippen molar-refractivity contribution in [2.24, 2.45) is 0 Å². The van der Waals surface area contributed by atoms with Gasteiger partial charge in [0, 0.05) is 29.3 Å². The zero-order valence-electron chi connectivity index (χ0n) is 19.4. The highest BCUT2D eigenvalue weighted by atomic mass is 31.2. The lowest BCUT2D eigenvalue weighted by molar-refractivity contribution is -0.137. The molecule has 5 rings (SSSR count). The van der Waals surface area contributed by atoms with Crippen molar-refractivity contribution in [1.82, 2.24) is 0 Å². The molecule has 0 spiro atoms. The van der Waals surface area contributed by atoms with Crippen molar-refractivity contribution in [2.45, 2.75) is 17.8 Å². The van der Waals surface area contributed by atoms with Crippen molar-refractivity contribution in [3.8, 4) is 0 Å². The molecule has 1 aliphatic rings. The maximum Gasteiger partial charge on any atom is 0.416 e. The van der Waals surface area contributed by atoms with Crippen LogP contribution in [0.1, 0.15) is 22.6 Å². The molecule has 0 aromatic heterocycles. The summed E-state index contributed by atoms with van der Waals surface area (Å²) >= 11 is 0. The fourth-order valence-electron chi connectivity index (χ4n) is 5.06. The Balaban J connectivity index is 1.80. The lowest BCUT2D eigenvalue weighted by atomic mass is 9.83. The number of anilines is 1. The Morgan fingerprint density at radius 3 is 1.75 bits per heavy atom. The average Bonchev–Trinajstić information content (AvgIpc) is 2.91. The van der Waals surface area contributed by atoms with Crippen LogP contribution in [0.25, 0.3) is 0 Å². The van der Waals surface area contributed by atoms with Gasteiger partial charge in [0.15, 0.2) is 7.14 Å². The number of rotatable bonds is 4. The fraction of sp³-hybridized carbons (Fsp3) is 0.138. The molecule has 7 heteroatoms. The van der Waals surface area contributed by atoms with Crippen LogP contribution in [0.3, 0.4) is 0 Å². The van der Waals surface area contributed by atoms with Crippen LogP contribution >= 0.6 is 7.14 Å². The van der Waals surface area contributed by atoms with E-state index in [1.807, 2.05) is 24.3 Å². The van der Waals surface area contributed by atoms with Gasteiger partial charge in [-0.2, -0.15) is 13.2 Å². The Morgan fingerprint density at radius 2 is 1.22 bits per heavy atom. The van der Waals surface area contributed by atoms with Gasteiger partial charge in [-0.05, 0) is 29.3 Å². The number of carbonyl (C=O) groups excluding carboxylic acids is 1. The van der Waals surface area contributed by atoms with E-state index in [-0.39, 0.29) is 5.91 Å². The molecule has 36 heavy (non-hydrogen) atoms. The first kappa shape index (κ1) is 24.1. The van der Waals surface area contributed by atoms with Gasteiger partial charge in [-0.1, -0.05) is 91.0 Å². The van der Waals surface area contributed by atoms with Crippen LogP contribution in [0.4, 0.5) is 18.9 Å². The van der Waals surface area contributed by atoms with Gasteiger partial charge in [0.25, 0.3) is 0 Å². The summed E-state index contributed by atoms with van der Waals surface area (Å²) < 4.78 is 55.3. The minimum Gasteiger partial charge on any atom is -0.315 e. The van der Waals surface area contributed by atoms with E-state index < -0.39 is 30.5 Å². The molecule has 0 aliphatic carbocycles. The van der Waals surface area contributed by atoms with E-state index in [0.717, 1.165) is 17.7 Å². The minimum atomic E-state index is -4.48.